The Morgan fingerprint density at radius 2 is 1.31 bits per heavy atom. The van der Waals surface area contributed by atoms with Gasteiger partial charge in [0, 0.05) is 36.5 Å². The van der Waals surface area contributed by atoms with Gasteiger partial charge in [-0.1, -0.05) is 82.7 Å². The lowest BCUT2D eigenvalue weighted by Gasteiger charge is -2.13. The molecule has 0 aliphatic rings. The Balaban J connectivity index is 1.33. The molecule has 0 aliphatic heterocycles. The molecule has 3 heterocycles. The van der Waals surface area contributed by atoms with Crippen molar-refractivity contribution in [3.8, 4) is 39.7 Å². The maximum absolute atomic E-state index is 9.25. The molecule has 45 heavy (non-hydrogen) atoms. The van der Waals surface area contributed by atoms with E-state index in [2.05, 4.69) is 94.8 Å². The lowest BCUT2D eigenvalue weighted by atomic mass is 9.97. The van der Waals surface area contributed by atoms with Gasteiger partial charge in [-0.3, -0.25) is 0 Å². The second-order valence-corrected chi connectivity index (χ2v) is 12.9. The molecular weight excluding hydrogens is 638 g/mol. The minimum Gasteiger partial charge on any atom is -0.456 e. The van der Waals surface area contributed by atoms with Gasteiger partial charge in [0.25, 0.3) is 0 Å². The van der Waals surface area contributed by atoms with Gasteiger partial charge in [0.15, 0.2) is 0 Å². The summed E-state index contributed by atoms with van der Waals surface area (Å²) in [4.78, 5) is 11.7. The van der Waals surface area contributed by atoms with Crippen molar-refractivity contribution in [2.75, 3.05) is 0 Å². The zero-order valence-electron chi connectivity index (χ0n) is 23.6. The number of benzene rings is 6. The fourth-order valence-corrected chi connectivity index (χ4v) is 7.70. The fourth-order valence-electron chi connectivity index (χ4n) is 6.22. The van der Waals surface area contributed by atoms with E-state index in [4.69, 9.17) is 14.4 Å². The number of thiophene rings is 1. The van der Waals surface area contributed by atoms with Crippen molar-refractivity contribution >= 4 is 80.4 Å². The van der Waals surface area contributed by atoms with Crippen LogP contribution < -0.4 is 0 Å². The molecule has 6 aromatic carbocycles. The first-order chi connectivity index (χ1) is 22.1. The van der Waals surface area contributed by atoms with Gasteiger partial charge >= 0.3 is 0 Å². The molecule has 9 aromatic rings. The highest BCUT2D eigenvalue weighted by molar-refractivity contribution is 9.10. The molecule has 0 saturated carbocycles. The van der Waals surface area contributed by atoms with E-state index in [1.54, 1.807) is 11.3 Å². The van der Waals surface area contributed by atoms with Crippen LogP contribution >= 0.6 is 27.3 Å². The summed E-state index contributed by atoms with van der Waals surface area (Å²) in [7, 11) is 0. The Hall–Kier alpha value is -5.35. The fraction of sp³-hybridized carbons (Fsp3) is 0. The molecule has 0 aliphatic carbocycles. The number of aromatic nitrogens is 2. The number of hydrogen-bond donors (Lipinski definition) is 0. The zero-order valence-corrected chi connectivity index (χ0v) is 26.0. The predicted molar refractivity (Wildman–Crippen MR) is 188 cm³/mol. The van der Waals surface area contributed by atoms with Crippen molar-refractivity contribution in [3.63, 3.8) is 0 Å². The maximum Gasteiger partial charge on any atom is 0.143 e. The highest BCUT2D eigenvalue weighted by Gasteiger charge is 2.20. The first kappa shape index (κ1) is 26.1. The van der Waals surface area contributed by atoms with Crippen LogP contribution in [0.2, 0.25) is 0 Å². The van der Waals surface area contributed by atoms with Crippen LogP contribution in [0.5, 0.6) is 0 Å². The summed E-state index contributed by atoms with van der Waals surface area (Å²) in [5.74, 6) is 0. The molecular formula is C39H20BrN3OS. The van der Waals surface area contributed by atoms with Crippen molar-refractivity contribution < 1.29 is 4.42 Å². The molecule has 0 fully saturated rings. The number of halogens is 1. The average molecular weight is 659 g/mol. The molecule has 0 atom stereocenters. The molecule has 0 radical (unpaired) electrons. The summed E-state index contributed by atoms with van der Waals surface area (Å²) < 4.78 is 8.31. The molecule has 9 rings (SSSR count). The van der Waals surface area contributed by atoms with Crippen LogP contribution in [0.3, 0.4) is 0 Å². The molecule has 0 N–H and O–H groups in total. The summed E-state index contributed by atoms with van der Waals surface area (Å²) in [5, 5.41) is 14.7. The number of furan rings is 1. The largest absolute Gasteiger partial charge is 0.456 e. The molecule has 0 bridgehead atoms. The molecule has 0 amide bonds. The van der Waals surface area contributed by atoms with Gasteiger partial charge in [-0.2, -0.15) is 5.26 Å². The minimum absolute atomic E-state index is 0.646. The second-order valence-electron chi connectivity index (χ2n) is 11.0. The number of nitriles is 1. The number of fused-ring (bicyclic) bond motifs is 7. The van der Waals surface area contributed by atoms with Crippen molar-refractivity contribution in [2.45, 2.75) is 0 Å². The second kappa shape index (κ2) is 10.1. The van der Waals surface area contributed by atoms with E-state index in [1.807, 2.05) is 48.5 Å². The SMILES string of the molecule is N#Cc1ccc(-c2ccc3sc4nc(-c5ccc6oc7ccccc7c6c5)c(-c5ccc(Br)c6ccccc56)nc4c3c2)cc1. The molecule has 0 spiro atoms. The van der Waals surface area contributed by atoms with Crippen molar-refractivity contribution in [3.05, 3.63) is 131 Å². The van der Waals surface area contributed by atoms with Crippen molar-refractivity contribution in [2.24, 2.45) is 0 Å². The molecule has 210 valence electrons. The van der Waals surface area contributed by atoms with Gasteiger partial charge in [-0.25, -0.2) is 9.97 Å². The quantitative estimate of drug-likeness (QED) is 0.190. The van der Waals surface area contributed by atoms with Crippen LogP contribution in [0.25, 0.3) is 86.8 Å². The van der Waals surface area contributed by atoms with Crippen LogP contribution in [0.1, 0.15) is 5.56 Å². The predicted octanol–water partition coefficient (Wildman–Crippen LogP) is 11.5. The topological polar surface area (TPSA) is 62.7 Å². The molecule has 0 saturated heterocycles. The number of nitrogens with zero attached hydrogens (tertiary/aromatic N) is 3. The average Bonchev–Trinajstić information content (AvgIpc) is 3.65. The van der Waals surface area contributed by atoms with Gasteiger partial charge in [0.05, 0.1) is 23.0 Å². The monoisotopic (exact) mass is 657 g/mol. The summed E-state index contributed by atoms with van der Waals surface area (Å²) in [6.07, 6.45) is 0. The normalized spacial score (nSPS) is 11.6. The highest BCUT2D eigenvalue weighted by Crippen LogP contribution is 2.42. The first-order valence-electron chi connectivity index (χ1n) is 14.5. The van der Waals surface area contributed by atoms with Gasteiger partial charge in [-0.05, 0) is 76.5 Å². The summed E-state index contributed by atoms with van der Waals surface area (Å²) in [6, 6.07) is 43.4. The zero-order chi connectivity index (χ0) is 30.1. The Morgan fingerprint density at radius 1 is 0.600 bits per heavy atom. The maximum atomic E-state index is 9.25. The third kappa shape index (κ3) is 4.16. The molecule has 4 nitrogen and oxygen atoms in total. The molecule has 0 unspecified atom stereocenters. The van der Waals surface area contributed by atoms with E-state index in [9.17, 15) is 5.26 Å². The van der Waals surface area contributed by atoms with Crippen LogP contribution in [0.4, 0.5) is 0 Å². The molecule has 6 heteroatoms. The van der Waals surface area contributed by atoms with E-state index in [0.29, 0.717) is 5.56 Å². The smallest absolute Gasteiger partial charge is 0.143 e. The Labute approximate surface area is 270 Å². The van der Waals surface area contributed by atoms with Gasteiger partial charge in [0.1, 0.15) is 21.5 Å². The third-order valence-corrected chi connectivity index (χ3v) is 10.2. The van der Waals surface area contributed by atoms with Crippen LogP contribution in [0, 0.1) is 11.3 Å². The number of hydrogen-bond acceptors (Lipinski definition) is 5. The van der Waals surface area contributed by atoms with Crippen LogP contribution in [-0.2, 0) is 0 Å². The summed E-state index contributed by atoms with van der Waals surface area (Å²) in [6.45, 7) is 0. The van der Waals surface area contributed by atoms with Crippen molar-refractivity contribution in [1.29, 1.82) is 5.26 Å². The number of para-hydroxylation sites is 1. The third-order valence-electron chi connectivity index (χ3n) is 8.43. The van der Waals surface area contributed by atoms with E-state index >= 15 is 0 Å². The lowest BCUT2D eigenvalue weighted by Crippen LogP contribution is -1.95. The first-order valence-corrected chi connectivity index (χ1v) is 16.1. The van der Waals surface area contributed by atoms with Gasteiger partial charge in [-0.15, -0.1) is 11.3 Å². The summed E-state index contributed by atoms with van der Waals surface area (Å²) >= 11 is 5.41. The molecule has 3 aromatic heterocycles. The van der Waals surface area contributed by atoms with E-state index in [0.717, 1.165) is 91.3 Å². The van der Waals surface area contributed by atoms with E-state index in [1.165, 1.54) is 0 Å². The Bertz CT molecular complexity index is 2680. The van der Waals surface area contributed by atoms with Gasteiger partial charge in [0.2, 0.25) is 0 Å². The Kier molecular flexibility index (Phi) is 5.86. The highest BCUT2D eigenvalue weighted by atomic mass is 79.9. The van der Waals surface area contributed by atoms with Crippen LogP contribution in [0.15, 0.2) is 130 Å². The van der Waals surface area contributed by atoms with Crippen molar-refractivity contribution in [1.82, 2.24) is 9.97 Å². The van der Waals surface area contributed by atoms with Gasteiger partial charge < -0.3 is 4.42 Å². The minimum atomic E-state index is 0.646. The summed E-state index contributed by atoms with van der Waals surface area (Å²) in [5.41, 5.74) is 9.06. The standard InChI is InChI=1S/C39H20BrN3OS/c40-32-16-15-29(26-5-1-2-6-27(26)32)37-36(25-13-17-34-30(20-25)28-7-3-4-8-33(28)44-34)43-39-38(42-37)31-19-24(14-18-35(31)45-39)23-11-9-22(21-41)10-12-23/h1-20H. The Morgan fingerprint density at radius 3 is 2.16 bits per heavy atom. The van der Waals surface area contributed by atoms with E-state index < -0.39 is 0 Å². The number of rotatable bonds is 3. The van der Waals surface area contributed by atoms with Crippen LogP contribution in [-0.4, -0.2) is 9.97 Å². The lowest BCUT2D eigenvalue weighted by molar-refractivity contribution is 0.669. The van der Waals surface area contributed by atoms with E-state index in [-0.39, 0.29) is 0 Å².